The van der Waals surface area contributed by atoms with Gasteiger partial charge in [0.15, 0.2) is 0 Å². The first-order valence-electron chi connectivity index (χ1n) is 8.35. The molecule has 1 heterocycles. The van der Waals surface area contributed by atoms with E-state index in [2.05, 4.69) is 49.2 Å². The molecular weight excluding hydrogens is 260 g/mol. The third-order valence-electron chi connectivity index (χ3n) is 4.57. The molecule has 1 aliphatic heterocycles. The summed E-state index contributed by atoms with van der Waals surface area (Å²) in [4.78, 5) is 2.62. The van der Waals surface area contributed by atoms with Gasteiger partial charge in [0.1, 0.15) is 5.75 Å². The number of aryl methyl sites for hydroxylation is 2. The third-order valence-corrected chi connectivity index (χ3v) is 4.57. The minimum atomic E-state index is 0.762. The zero-order chi connectivity index (χ0) is 15.1. The van der Waals surface area contributed by atoms with Gasteiger partial charge in [-0.3, -0.25) is 0 Å². The lowest BCUT2D eigenvalue weighted by Gasteiger charge is -2.33. The van der Waals surface area contributed by atoms with E-state index in [1.807, 2.05) is 0 Å². The normalized spacial score (nSPS) is 16.4. The summed E-state index contributed by atoms with van der Waals surface area (Å²) >= 11 is 0. The standard InChI is InChI=1S/C18H30N2O/c1-4-20(17-8-10-19-11-9-17)12-5-13-21-18-7-6-15(2)16(3)14-18/h6-7,14,17,19H,4-5,8-13H2,1-3H3. The molecule has 1 saturated heterocycles. The van der Waals surface area contributed by atoms with Crippen LogP contribution in [-0.4, -0.2) is 43.7 Å². The Morgan fingerprint density at radius 1 is 1.19 bits per heavy atom. The fraction of sp³-hybridized carbons (Fsp3) is 0.667. The molecule has 3 nitrogen and oxygen atoms in total. The Bertz CT molecular complexity index is 427. The molecule has 1 aliphatic rings. The van der Waals surface area contributed by atoms with Crippen LogP contribution in [0.4, 0.5) is 0 Å². The number of piperidine rings is 1. The lowest BCUT2D eigenvalue weighted by Crippen LogP contribution is -2.43. The summed E-state index contributed by atoms with van der Waals surface area (Å²) in [5.74, 6) is 1.00. The molecule has 0 spiro atoms. The minimum absolute atomic E-state index is 0.762. The highest BCUT2D eigenvalue weighted by molar-refractivity contribution is 5.33. The van der Waals surface area contributed by atoms with Gasteiger partial charge in [-0.25, -0.2) is 0 Å². The van der Waals surface area contributed by atoms with Crippen LogP contribution in [0.2, 0.25) is 0 Å². The van der Waals surface area contributed by atoms with E-state index in [1.54, 1.807) is 0 Å². The number of ether oxygens (including phenoxy) is 1. The predicted molar refractivity (Wildman–Crippen MR) is 89.2 cm³/mol. The maximum Gasteiger partial charge on any atom is 0.119 e. The van der Waals surface area contributed by atoms with Gasteiger partial charge in [-0.2, -0.15) is 0 Å². The topological polar surface area (TPSA) is 24.5 Å². The van der Waals surface area contributed by atoms with Gasteiger partial charge in [-0.15, -0.1) is 0 Å². The molecule has 1 fully saturated rings. The van der Waals surface area contributed by atoms with E-state index < -0.39 is 0 Å². The number of nitrogens with zero attached hydrogens (tertiary/aromatic N) is 1. The maximum atomic E-state index is 5.89. The minimum Gasteiger partial charge on any atom is -0.494 e. The Kier molecular flexibility index (Phi) is 6.52. The fourth-order valence-corrected chi connectivity index (χ4v) is 3.03. The second-order valence-corrected chi connectivity index (χ2v) is 6.06. The van der Waals surface area contributed by atoms with Gasteiger partial charge >= 0.3 is 0 Å². The van der Waals surface area contributed by atoms with Crippen LogP contribution in [0.3, 0.4) is 0 Å². The molecule has 1 N–H and O–H groups in total. The molecule has 0 unspecified atom stereocenters. The smallest absolute Gasteiger partial charge is 0.119 e. The highest BCUT2D eigenvalue weighted by Crippen LogP contribution is 2.17. The Morgan fingerprint density at radius 3 is 2.62 bits per heavy atom. The van der Waals surface area contributed by atoms with E-state index in [9.17, 15) is 0 Å². The molecular formula is C18H30N2O. The van der Waals surface area contributed by atoms with Crippen molar-refractivity contribution in [3.8, 4) is 5.75 Å². The van der Waals surface area contributed by atoms with Gasteiger partial charge in [0.05, 0.1) is 6.61 Å². The van der Waals surface area contributed by atoms with Gasteiger partial charge in [0.25, 0.3) is 0 Å². The van der Waals surface area contributed by atoms with Crippen LogP contribution in [0.25, 0.3) is 0 Å². The Balaban J connectivity index is 1.71. The Hall–Kier alpha value is -1.06. The molecule has 1 aromatic carbocycles. The van der Waals surface area contributed by atoms with E-state index in [-0.39, 0.29) is 0 Å². The summed E-state index contributed by atoms with van der Waals surface area (Å²) in [5, 5.41) is 3.44. The summed E-state index contributed by atoms with van der Waals surface area (Å²) in [6, 6.07) is 7.11. The van der Waals surface area contributed by atoms with E-state index >= 15 is 0 Å². The summed E-state index contributed by atoms with van der Waals surface area (Å²) in [6.07, 6.45) is 3.67. The summed E-state index contributed by atoms with van der Waals surface area (Å²) < 4.78 is 5.89. The first kappa shape index (κ1) is 16.3. The molecule has 2 rings (SSSR count). The molecule has 0 amide bonds. The number of rotatable bonds is 7. The van der Waals surface area contributed by atoms with Gasteiger partial charge in [0, 0.05) is 12.6 Å². The lowest BCUT2D eigenvalue weighted by molar-refractivity contribution is 0.157. The molecule has 1 aromatic rings. The van der Waals surface area contributed by atoms with E-state index in [4.69, 9.17) is 4.74 Å². The number of hydrogen-bond acceptors (Lipinski definition) is 3. The lowest BCUT2D eigenvalue weighted by atomic mass is 10.0. The maximum absolute atomic E-state index is 5.89. The van der Waals surface area contributed by atoms with Crippen LogP contribution in [-0.2, 0) is 0 Å². The molecule has 3 heteroatoms. The van der Waals surface area contributed by atoms with E-state index in [1.165, 1.54) is 37.1 Å². The van der Waals surface area contributed by atoms with Crippen molar-refractivity contribution in [3.63, 3.8) is 0 Å². The molecule has 118 valence electrons. The van der Waals surface area contributed by atoms with Crippen LogP contribution in [0.15, 0.2) is 18.2 Å². The fourth-order valence-electron chi connectivity index (χ4n) is 3.03. The second kappa shape index (κ2) is 8.40. The van der Waals surface area contributed by atoms with Crippen molar-refractivity contribution < 1.29 is 4.74 Å². The quantitative estimate of drug-likeness (QED) is 0.781. The highest BCUT2D eigenvalue weighted by atomic mass is 16.5. The van der Waals surface area contributed by atoms with Crippen LogP contribution >= 0.6 is 0 Å². The summed E-state index contributed by atoms with van der Waals surface area (Å²) in [7, 11) is 0. The van der Waals surface area contributed by atoms with Gasteiger partial charge in [-0.1, -0.05) is 13.0 Å². The van der Waals surface area contributed by atoms with Gasteiger partial charge < -0.3 is 15.0 Å². The van der Waals surface area contributed by atoms with Gasteiger partial charge in [-0.05, 0) is 76.0 Å². The van der Waals surface area contributed by atoms with Crippen molar-refractivity contribution in [3.05, 3.63) is 29.3 Å². The zero-order valence-corrected chi connectivity index (χ0v) is 13.8. The molecule has 0 radical (unpaired) electrons. The van der Waals surface area contributed by atoms with Gasteiger partial charge in [0.2, 0.25) is 0 Å². The highest BCUT2D eigenvalue weighted by Gasteiger charge is 2.18. The molecule has 0 aromatic heterocycles. The number of benzene rings is 1. The van der Waals surface area contributed by atoms with Crippen LogP contribution in [0.5, 0.6) is 5.75 Å². The molecule has 0 saturated carbocycles. The summed E-state index contributed by atoms with van der Waals surface area (Å²) in [6.45, 7) is 12.0. The predicted octanol–water partition coefficient (Wildman–Crippen LogP) is 3.15. The molecule has 21 heavy (non-hydrogen) atoms. The van der Waals surface area contributed by atoms with Crippen molar-refractivity contribution in [2.24, 2.45) is 0 Å². The third kappa shape index (κ3) is 5.01. The Morgan fingerprint density at radius 2 is 1.95 bits per heavy atom. The second-order valence-electron chi connectivity index (χ2n) is 6.06. The SMILES string of the molecule is CCN(CCCOc1ccc(C)c(C)c1)C1CCNCC1. The monoisotopic (exact) mass is 290 g/mol. The zero-order valence-electron chi connectivity index (χ0n) is 13.8. The van der Waals surface area contributed by atoms with Crippen LogP contribution < -0.4 is 10.1 Å². The number of hydrogen-bond donors (Lipinski definition) is 1. The molecule has 0 atom stereocenters. The Labute approximate surface area is 129 Å². The van der Waals surface area contributed by atoms with Crippen molar-refractivity contribution in [2.45, 2.75) is 46.1 Å². The molecule has 0 aliphatic carbocycles. The van der Waals surface area contributed by atoms with Crippen molar-refractivity contribution in [2.75, 3.05) is 32.8 Å². The van der Waals surface area contributed by atoms with Crippen molar-refractivity contribution in [1.29, 1.82) is 0 Å². The van der Waals surface area contributed by atoms with Crippen molar-refractivity contribution >= 4 is 0 Å². The first-order valence-corrected chi connectivity index (χ1v) is 8.35. The molecule has 0 bridgehead atoms. The largest absolute Gasteiger partial charge is 0.494 e. The van der Waals surface area contributed by atoms with E-state index in [0.717, 1.165) is 37.9 Å². The summed E-state index contributed by atoms with van der Waals surface area (Å²) in [5.41, 5.74) is 2.63. The van der Waals surface area contributed by atoms with Crippen LogP contribution in [0, 0.1) is 13.8 Å². The number of nitrogens with one attached hydrogen (secondary N) is 1. The van der Waals surface area contributed by atoms with Crippen molar-refractivity contribution in [1.82, 2.24) is 10.2 Å². The average molecular weight is 290 g/mol. The first-order chi connectivity index (χ1) is 10.2. The average Bonchev–Trinajstić information content (AvgIpc) is 2.52. The van der Waals surface area contributed by atoms with E-state index in [0.29, 0.717) is 0 Å². The van der Waals surface area contributed by atoms with Crippen LogP contribution in [0.1, 0.15) is 37.3 Å².